The van der Waals surface area contributed by atoms with Crippen LogP contribution >= 0.6 is 0 Å². The minimum atomic E-state index is -0.437. The first-order chi connectivity index (χ1) is 13.0. The van der Waals surface area contributed by atoms with Crippen LogP contribution in [0.15, 0.2) is 53.3 Å². The number of halogens is 1. The number of benzene rings is 2. The summed E-state index contributed by atoms with van der Waals surface area (Å²) >= 11 is 0. The number of pyridine rings is 1. The number of hydrogen-bond acceptors (Lipinski definition) is 2. The number of rotatable bonds is 4. The van der Waals surface area contributed by atoms with Crippen LogP contribution in [0.4, 0.5) is 10.1 Å². The lowest BCUT2D eigenvalue weighted by Gasteiger charge is -2.19. The number of hydrogen-bond donors (Lipinski definition) is 0. The van der Waals surface area contributed by atoms with E-state index in [4.69, 9.17) is 0 Å². The number of carbonyl (C=O) groups excluding carboxylic acids is 1. The molecule has 1 aliphatic rings. The Morgan fingerprint density at radius 3 is 2.59 bits per heavy atom. The molecule has 0 atom stereocenters. The van der Waals surface area contributed by atoms with Crippen molar-refractivity contribution in [2.24, 2.45) is 0 Å². The fourth-order valence-corrected chi connectivity index (χ4v) is 3.63. The van der Waals surface area contributed by atoms with Crippen LogP contribution in [0.2, 0.25) is 0 Å². The highest BCUT2D eigenvalue weighted by Crippen LogP contribution is 2.42. The van der Waals surface area contributed by atoms with E-state index in [2.05, 4.69) is 0 Å². The summed E-state index contributed by atoms with van der Waals surface area (Å²) in [5.74, 6) is -0.327. The van der Waals surface area contributed by atoms with Crippen LogP contribution in [-0.4, -0.2) is 17.5 Å². The lowest BCUT2D eigenvalue weighted by Crippen LogP contribution is -2.27. The molecule has 0 N–H and O–H groups in total. The molecule has 4 nitrogen and oxygen atoms in total. The lowest BCUT2D eigenvalue weighted by molar-refractivity contribution is 0.0992. The van der Waals surface area contributed by atoms with Gasteiger partial charge in [-0.15, -0.1) is 0 Å². The molecule has 27 heavy (non-hydrogen) atoms. The normalized spacial score (nSPS) is 13.7. The van der Waals surface area contributed by atoms with E-state index in [0.29, 0.717) is 18.0 Å². The first-order valence-corrected chi connectivity index (χ1v) is 9.21. The highest BCUT2D eigenvalue weighted by atomic mass is 19.1. The van der Waals surface area contributed by atoms with Crippen molar-refractivity contribution < 1.29 is 9.18 Å². The number of carbonyl (C=O) groups is 1. The molecule has 0 saturated heterocycles. The number of fused-ring (bicyclic) bond motifs is 1. The van der Waals surface area contributed by atoms with Gasteiger partial charge in [0.2, 0.25) is 0 Å². The predicted molar refractivity (Wildman–Crippen MR) is 105 cm³/mol. The van der Waals surface area contributed by atoms with Gasteiger partial charge in [-0.25, -0.2) is 4.39 Å². The van der Waals surface area contributed by atoms with Gasteiger partial charge in [0.05, 0.1) is 11.2 Å². The smallest absolute Gasteiger partial charge is 0.258 e. The number of para-hydroxylation sites is 1. The Hall–Kier alpha value is -2.95. The van der Waals surface area contributed by atoms with Gasteiger partial charge in [-0.3, -0.25) is 9.59 Å². The second-order valence-corrected chi connectivity index (χ2v) is 7.00. The summed E-state index contributed by atoms with van der Waals surface area (Å²) in [6.45, 7) is 2.51. The van der Waals surface area contributed by atoms with E-state index in [-0.39, 0.29) is 17.2 Å². The van der Waals surface area contributed by atoms with Gasteiger partial charge in [0.1, 0.15) is 5.82 Å². The average molecular weight is 364 g/mol. The number of aryl methyl sites for hydroxylation is 1. The van der Waals surface area contributed by atoms with Crippen LogP contribution < -0.4 is 10.5 Å². The molecule has 1 fully saturated rings. The van der Waals surface area contributed by atoms with E-state index in [1.54, 1.807) is 41.9 Å². The van der Waals surface area contributed by atoms with E-state index in [9.17, 15) is 14.0 Å². The zero-order chi connectivity index (χ0) is 19.1. The summed E-state index contributed by atoms with van der Waals surface area (Å²) < 4.78 is 15.8. The first-order valence-electron chi connectivity index (χ1n) is 9.21. The van der Waals surface area contributed by atoms with E-state index in [1.807, 2.05) is 19.1 Å². The van der Waals surface area contributed by atoms with Crippen molar-refractivity contribution in [2.75, 3.05) is 11.9 Å². The second kappa shape index (κ2) is 6.65. The lowest BCUT2D eigenvalue weighted by atomic mass is 10.0. The summed E-state index contributed by atoms with van der Waals surface area (Å²) in [6.07, 6.45) is 2.13. The molecule has 1 aliphatic carbocycles. The summed E-state index contributed by atoms with van der Waals surface area (Å²) in [5.41, 5.74) is 2.58. The van der Waals surface area contributed by atoms with Gasteiger partial charge in [-0.1, -0.05) is 12.1 Å². The number of aromatic nitrogens is 1. The van der Waals surface area contributed by atoms with Gasteiger partial charge in [-0.05, 0) is 61.6 Å². The molecule has 0 radical (unpaired) electrons. The van der Waals surface area contributed by atoms with Crippen LogP contribution in [0.5, 0.6) is 0 Å². The minimum absolute atomic E-state index is 0.00514. The molecule has 1 aromatic heterocycles. The predicted octanol–water partition coefficient (Wildman–Crippen LogP) is 4.31. The maximum Gasteiger partial charge on any atom is 0.258 e. The summed E-state index contributed by atoms with van der Waals surface area (Å²) in [4.78, 5) is 26.7. The molecule has 0 bridgehead atoms. The van der Waals surface area contributed by atoms with Gasteiger partial charge in [0.25, 0.3) is 11.5 Å². The Labute approximate surface area is 156 Å². The molecule has 0 unspecified atom stereocenters. The van der Waals surface area contributed by atoms with Crippen LogP contribution in [0, 0.1) is 5.82 Å². The summed E-state index contributed by atoms with van der Waals surface area (Å²) in [6, 6.07) is 13.3. The van der Waals surface area contributed by atoms with Crippen LogP contribution in [0.3, 0.4) is 0 Å². The zero-order valence-electron chi connectivity index (χ0n) is 15.4. The van der Waals surface area contributed by atoms with E-state index in [0.717, 1.165) is 29.3 Å². The maximum absolute atomic E-state index is 14.1. The largest absolute Gasteiger partial charge is 0.309 e. The van der Waals surface area contributed by atoms with E-state index < -0.39 is 5.82 Å². The molecule has 138 valence electrons. The minimum Gasteiger partial charge on any atom is -0.309 e. The third-order valence-electron chi connectivity index (χ3n) is 5.24. The molecule has 5 heteroatoms. The molecular formula is C22H21FN2O2. The second-order valence-electron chi connectivity index (χ2n) is 7.00. The van der Waals surface area contributed by atoms with Crippen molar-refractivity contribution in [2.45, 2.75) is 32.2 Å². The first kappa shape index (κ1) is 17.5. The molecule has 4 rings (SSSR count). The Morgan fingerprint density at radius 1 is 1.19 bits per heavy atom. The fourth-order valence-electron chi connectivity index (χ4n) is 3.63. The van der Waals surface area contributed by atoms with Crippen molar-refractivity contribution >= 4 is 22.5 Å². The number of nitrogens with zero attached hydrogens (tertiary/aromatic N) is 2. The van der Waals surface area contributed by atoms with Crippen LogP contribution in [0.1, 0.15) is 41.6 Å². The highest BCUT2D eigenvalue weighted by molar-refractivity contribution is 6.07. The quantitative estimate of drug-likeness (QED) is 0.692. The van der Waals surface area contributed by atoms with Gasteiger partial charge >= 0.3 is 0 Å². The van der Waals surface area contributed by atoms with E-state index in [1.165, 1.54) is 11.0 Å². The van der Waals surface area contributed by atoms with Crippen LogP contribution in [0.25, 0.3) is 10.9 Å². The van der Waals surface area contributed by atoms with Gasteiger partial charge in [0.15, 0.2) is 0 Å². The number of amides is 1. The maximum atomic E-state index is 14.1. The number of anilines is 1. The molecule has 1 amide bonds. The van der Waals surface area contributed by atoms with Crippen molar-refractivity contribution in [1.82, 2.24) is 4.57 Å². The van der Waals surface area contributed by atoms with Crippen molar-refractivity contribution in [3.05, 3.63) is 75.8 Å². The third-order valence-corrected chi connectivity index (χ3v) is 5.24. The SMILES string of the molecule is CCn1c(=O)cc(C2CC2)c2cc(C(=O)N(C)c3ccccc3F)ccc21. The summed E-state index contributed by atoms with van der Waals surface area (Å²) in [5, 5.41) is 0.937. The van der Waals surface area contributed by atoms with Crippen LogP contribution in [-0.2, 0) is 6.54 Å². The Balaban J connectivity index is 1.82. The van der Waals surface area contributed by atoms with Gasteiger partial charge < -0.3 is 9.47 Å². The fraction of sp³-hybridized carbons (Fsp3) is 0.273. The van der Waals surface area contributed by atoms with Crippen molar-refractivity contribution in [1.29, 1.82) is 0 Å². The average Bonchev–Trinajstić information content (AvgIpc) is 3.51. The standard InChI is InChI=1S/C22H21FN2O2/c1-3-25-19-11-10-15(12-17(19)16(13-21(25)26)14-8-9-14)22(27)24(2)20-7-5-4-6-18(20)23/h4-7,10-14H,3,8-9H2,1-2H3. The molecule has 3 aromatic rings. The zero-order valence-corrected chi connectivity index (χ0v) is 15.4. The topological polar surface area (TPSA) is 42.3 Å². The van der Waals surface area contributed by atoms with Gasteiger partial charge in [-0.2, -0.15) is 0 Å². The molecule has 0 spiro atoms. The third kappa shape index (κ3) is 3.03. The Bertz CT molecular complexity index is 1100. The van der Waals surface area contributed by atoms with Crippen molar-refractivity contribution in [3.8, 4) is 0 Å². The van der Waals surface area contributed by atoms with Gasteiger partial charge in [0, 0.05) is 30.6 Å². The Kier molecular flexibility index (Phi) is 4.30. The molecule has 1 heterocycles. The van der Waals surface area contributed by atoms with Crippen molar-refractivity contribution in [3.63, 3.8) is 0 Å². The summed E-state index contributed by atoms with van der Waals surface area (Å²) in [7, 11) is 1.57. The monoisotopic (exact) mass is 364 g/mol. The molecule has 0 aliphatic heterocycles. The Morgan fingerprint density at radius 2 is 1.93 bits per heavy atom. The molecular weight excluding hydrogens is 343 g/mol. The van der Waals surface area contributed by atoms with E-state index >= 15 is 0 Å². The molecule has 2 aromatic carbocycles. The highest BCUT2D eigenvalue weighted by Gasteiger charge is 2.27. The molecule has 1 saturated carbocycles.